The first-order chi connectivity index (χ1) is 10.0. The second-order valence-electron chi connectivity index (χ2n) is 5.41. The normalized spacial score (nSPS) is 18.4. The highest BCUT2D eigenvalue weighted by atomic mass is 16.5. The van der Waals surface area contributed by atoms with Crippen molar-refractivity contribution >= 4 is 11.7 Å². The number of hydrogen-bond donors (Lipinski definition) is 1. The van der Waals surface area contributed by atoms with Crippen LogP contribution in [0, 0.1) is 0 Å². The number of amides is 1. The lowest BCUT2D eigenvalue weighted by molar-refractivity contribution is -0.118. The zero-order chi connectivity index (χ0) is 15.4. The monoisotopic (exact) mass is 291 g/mol. The minimum absolute atomic E-state index is 0.0747. The SMILES string of the molecule is COc1cccc(C(=O)N2CCCCC2CC(C)=O)c1O. The summed E-state index contributed by atoms with van der Waals surface area (Å²) >= 11 is 0. The maximum absolute atomic E-state index is 12.7. The molecular weight excluding hydrogens is 270 g/mol. The van der Waals surface area contributed by atoms with Crippen LogP contribution >= 0.6 is 0 Å². The van der Waals surface area contributed by atoms with Crippen molar-refractivity contribution in [3.8, 4) is 11.5 Å². The van der Waals surface area contributed by atoms with Gasteiger partial charge in [-0.25, -0.2) is 0 Å². The van der Waals surface area contributed by atoms with E-state index in [1.165, 1.54) is 7.11 Å². The van der Waals surface area contributed by atoms with Gasteiger partial charge in [0.2, 0.25) is 0 Å². The van der Waals surface area contributed by atoms with Gasteiger partial charge in [0.05, 0.1) is 12.7 Å². The van der Waals surface area contributed by atoms with E-state index in [-0.39, 0.29) is 34.8 Å². The maximum atomic E-state index is 12.7. The van der Waals surface area contributed by atoms with Gasteiger partial charge >= 0.3 is 0 Å². The smallest absolute Gasteiger partial charge is 0.258 e. The number of benzene rings is 1. The van der Waals surface area contributed by atoms with Crippen LogP contribution in [0.1, 0.15) is 43.0 Å². The fourth-order valence-corrected chi connectivity index (χ4v) is 2.83. The highest BCUT2D eigenvalue weighted by molar-refractivity contribution is 5.98. The van der Waals surface area contributed by atoms with E-state index in [2.05, 4.69) is 0 Å². The topological polar surface area (TPSA) is 66.8 Å². The van der Waals surface area contributed by atoms with Crippen LogP contribution in [0.5, 0.6) is 11.5 Å². The fraction of sp³-hybridized carbons (Fsp3) is 0.500. The number of ether oxygens (including phenoxy) is 1. The van der Waals surface area contributed by atoms with Crippen molar-refractivity contribution in [1.29, 1.82) is 0 Å². The van der Waals surface area contributed by atoms with Crippen LogP contribution in [0.2, 0.25) is 0 Å². The Labute approximate surface area is 124 Å². The molecule has 1 heterocycles. The van der Waals surface area contributed by atoms with Gasteiger partial charge in [0, 0.05) is 19.0 Å². The molecule has 1 fully saturated rings. The van der Waals surface area contributed by atoms with Crippen LogP contribution in [0.25, 0.3) is 0 Å². The lowest BCUT2D eigenvalue weighted by Gasteiger charge is -2.35. The van der Waals surface area contributed by atoms with Crippen molar-refractivity contribution in [2.24, 2.45) is 0 Å². The molecule has 1 aliphatic rings. The Morgan fingerprint density at radius 3 is 2.81 bits per heavy atom. The van der Waals surface area contributed by atoms with Gasteiger partial charge in [0.15, 0.2) is 11.5 Å². The summed E-state index contributed by atoms with van der Waals surface area (Å²) in [5, 5.41) is 10.1. The minimum Gasteiger partial charge on any atom is -0.504 e. The van der Waals surface area contributed by atoms with Gasteiger partial charge in [0.25, 0.3) is 5.91 Å². The number of rotatable bonds is 4. The summed E-state index contributed by atoms with van der Waals surface area (Å²) in [6.45, 7) is 2.16. The first kappa shape index (κ1) is 15.4. The summed E-state index contributed by atoms with van der Waals surface area (Å²) < 4.78 is 5.04. The number of hydrogen-bond acceptors (Lipinski definition) is 4. The number of Topliss-reactive ketones (excluding diaryl/α,β-unsaturated/α-hetero) is 1. The molecule has 1 saturated heterocycles. The molecule has 0 radical (unpaired) electrons. The van der Waals surface area contributed by atoms with Gasteiger partial charge in [-0.3, -0.25) is 9.59 Å². The third-order valence-electron chi connectivity index (χ3n) is 3.86. The first-order valence-electron chi connectivity index (χ1n) is 7.21. The number of phenols is 1. The Morgan fingerprint density at radius 1 is 1.38 bits per heavy atom. The van der Waals surface area contributed by atoms with Crippen molar-refractivity contribution in [2.45, 2.75) is 38.6 Å². The van der Waals surface area contributed by atoms with E-state index in [9.17, 15) is 14.7 Å². The van der Waals surface area contributed by atoms with Crippen LogP contribution in [-0.4, -0.2) is 41.4 Å². The predicted octanol–water partition coefficient (Wildman–Crippen LogP) is 2.37. The zero-order valence-corrected chi connectivity index (χ0v) is 12.5. The van der Waals surface area contributed by atoms with E-state index in [4.69, 9.17) is 4.74 Å². The molecule has 1 aromatic rings. The third kappa shape index (κ3) is 3.35. The van der Waals surface area contributed by atoms with Crippen molar-refractivity contribution in [2.75, 3.05) is 13.7 Å². The number of methoxy groups -OCH3 is 1. The molecule has 1 atom stereocenters. The molecule has 114 valence electrons. The van der Waals surface area contributed by atoms with Crippen LogP contribution < -0.4 is 4.74 Å². The van der Waals surface area contributed by atoms with E-state index < -0.39 is 0 Å². The summed E-state index contributed by atoms with van der Waals surface area (Å²) in [7, 11) is 1.45. The van der Waals surface area contributed by atoms with Crippen LogP contribution in [-0.2, 0) is 4.79 Å². The minimum atomic E-state index is -0.239. The summed E-state index contributed by atoms with van der Waals surface area (Å²) in [6, 6.07) is 4.79. The average molecular weight is 291 g/mol. The summed E-state index contributed by atoms with van der Waals surface area (Å²) in [5.41, 5.74) is 0.227. The Bertz CT molecular complexity index is 541. The first-order valence-corrected chi connectivity index (χ1v) is 7.21. The number of carbonyl (C=O) groups is 2. The van der Waals surface area contributed by atoms with Gasteiger partial charge in [-0.15, -0.1) is 0 Å². The maximum Gasteiger partial charge on any atom is 0.258 e. The number of nitrogens with zero attached hydrogens (tertiary/aromatic N) is 1. The highest BCUT2D eigenvalue weighted by Gasteiger charge is 2.30. The van der Waals surface area contributed by atoms with E-state index in [1.54, 1.807) is 30.0 Å². The molecule has 0 bridgehead atoms. The van der Waals surface area contributed by atoms with Crippen LogP contribution in [0.4, 0.5) is 0 Å². The Kier molecular flexibility index (Phi) is 4.83. The number of phenolic OH excluding ortho intramolecular Hbond substituents is 1. The van der Waals surface area contributed by atoms with Crippen molar-refractivity contribution in [1.82, 2.24) is 4.90 Å². The molecule has 0 spiro atoms. The van der Waals surface area contributed by atoms with Crippen LogP contribution in [0.15, 0.2) is 18.2 Å². The number of aromatic hydroxyl groups is 1. The molecule has 0 aromatic heterocycles. The molecule has 5 nitrogen and oxygen atoms in total. The quantitative estimate of drug-likeness (QED) is 0.925. The van der Waals surface area contributed by atoms with Crippen molar-refractivity contribution in [3.05, 3.63) is 23.8 Å². The lowest BCUT2D eigenvalue weighted by atomic mass is 9.96. The zero-order valence-electron chi connectivity index (χ0n) is 12.5. The molecule has 1 unspecified atom stereocenters. The van der Waals surface area contributed by atoms with Gasteiger partial charge in [0.1, 0.15) is 5.78 Å². The fourth-order valence-electron chi connectivity index (χ4n) is 2.83. The predicted molar refractivity (Wildman–Crippen MR) is 78.6 cm³/mol. The third-order valence-corrected chi connectivity index (χ3v) is 3.86. The number of para-hydroxylation sites is 1. The Hall–Kier alpha value is -2.04. The van der Waals surface area contributed by atoms with Gasteiger partial charge in [-0.2, -0.15) is 0 Å². The largest absolute Gasteiger partial charge is 0.504 e. The number of ketones is 1. The Balaban J connectivity index is 2.26. The number of carbonyl (C=O) groups excluding carboxylic acids is 2. The molecule has 0 saturated carbocycles. The highest BCUT2D eigenvalue weighted by Crippen LogP contribution is 2.32. The van der Waals surface area contributed by atoms with E-state index in [1.807, 2.05) is 0 Å². The molecule has 0 aliphatic carbocycles. The van der Waals surface area contributed by atoms with Gasteiger partial charge in [-0.05, 0) is 38.3 Å². The molecule has 1 aliphatic heterocycles. The molecular formula is C16H21NO4. The van der Waals surface area contributed by atoms with Crippen LogP contribution in [0.3, 0.4) is 0 Å². The molecule has 1 aromatic carbocycles. The van der Waals surface area contributed by atoms with E-state index in [0.717, 1.165) is 19.3 Å². The Morgan fingerprint density at radius 2 is 2.14 bits per heavy atom. The molecule has 2 rings (SSSR count). The molecule has 1 amide bonds. The average Bonchev–Trinajstić information content (AvgIpc) is 2.47. The number of likely N-dealkylation sites (tertiary alicyclic amines) is 1. The van der Waals surface area contributed by atoms with Crippen molar-refractivity contribution in [3.63, 3.8) is 0 Å². The standard InChI is InChI=1S/C16H21NO4/c1-11(18)10-12-6-3-4-9-17(12)16(20)13-7-5-8-14(21-2)15(13)19/h5,7-8,12,19H,3-4,6,9-10H2,1-2H3. The molecule has 5 heteroatoms. The number of piperidine rings is 1. The molecule has 21 heavy (non-hydrogen) atoms. The van der Waals surface area contributed by atoms with Gasteiger partial charge in [-0.1, -0.05) is 6.07 Å². The second-order valence-corrected chi connectivity index (χ2v) is 5.41. The summed E-state index contributed by atoms with van der Waals surface area (Å²) in [4.78, 5) is 25.8. The molecule has 1 N–H and O–H groups in total. The van der Waals surface area contributed by atoms with Crippen molar-refractivity contribution < 1.29 is 19.4 Å². The van der Waals surface area contributed by atoms with E-state index >= 15 is 0 Å². The summed E-state index contributed by atoms with van der Waals surface area (Å²) in [5.74, 6) is -0.0231. The summed E-state index contributed by atoms with van der Waals surface area (Å²) in [6.07, 6.45) is 3.14. The second kappa shape index (κ2) is 6.61. The van der Waals surface area contributed by atoms with Gasteiger partial charge < -0.3 is 14.7 Å². The lowest BCUT2D eigenvalue weighted by Crippen LogP contribution is -2.44. The van der Waals surface area contributed by atoms with E-state index in [0.29, 0.717) is 13.0 Å².